The molecular formula is C11H13NO3. The molecule has 1 aromatic rings. The fourth-order valence-electron chi connectivity index (χ4n) is 1.62. The summed E-state index contributed by atoms with van der Waals surface area (Å²) in [7, 11) is 0. The van der Waals surface area contributed by atoms with Crippen molar-refractivity contribution in [2.75, 3.05) is 13.2 Å². The maximum atomic E-state index is 11.1. The number of aliphatic hydroxyl groups excluding tert-OH is 1. The molecule has 0 aromatic heterocycles. The smallest absolute Gasteiger partial charge is 0.246 e. The molecule has 1 aliphatic rings. The molecule has 2 rings (SSSR count). The van der Waals surface area contributed by atoms with Gasteiger partial charge in [0.25, 0.3) is 0 Å². The quantitative estimate of drug-likeness (QED) is 0.730. The molecule has 0 saturated carbocycles. The first-order valence-electron chi connectivity index (χ1n) is 4.87. The minimum Gasteiger partial charge on any atom is -0.386 e. The Morgan fingerprint density at radius 3 is 2.80 bits per heavy atom. The van der Waals surface area contributed by atoms with Crippen molar-refractivity contribution in [1.82, 2.24) is 5.32 Å². The van der Waals surface area contributed by atoms with Gasteiger partial charge in [0.2, 0.25) is 5.91 Å². The van der Waals surface area contributed by atoms with Crippen LogP contribution in [0.15, 0.2) is 30.3 Å². The maximum Gasteiger partial charge on any atom is 0.246 e. The predicted molar refractivity (Wildman–Crippen MR) is 54.2 cm³/mol. The van der Waals surface area contributed by atoms with Crippen molar-refractivity contribution in [1.29, 1.82) is 0 Å². The average molecular weight is 207 g/mol. The van der Waals surface area contributed by atoms with E-state index in [9.17, 15) is 9.90 Å². The normalized spacial score (nSPS) is 23.3. The average Bonchev–Trinajstić information content (AvgIpc) is 2.29. The summed E-state index contributed by atoms with van der Waals surface area (Å²) < 4.78 is 5.06. The Kier molecular flexibility index (Phi) is 2.99. The van der Waals surface area contributed by atoms with Crippen molar-refractivity contribution >= 4 is 5.91 Å². The molecule has 80 valence electrons. The van der Waals surface area contributed by atoms with Gasteiger partial charge in [0.1, 0.15) is 12.7 Å². The largest absolute Gasteiger partial charge is 0.386 e. The second-order valence-electron chi connectivity index (χ2n) is 3.54. The van der Waals surface area contributed by atoms with Crippen LogP contribution in [0.2, 0.25) is 0 Å². The minimum atomic E-state index is -0.713. The summed E-state index contributed by atoms with van der Waals surface area (Å²) in [6.07, 6.45) is -0.713. The van der Waals surface area contributed by atoms with E-state index < -0.39 is 6.10 Å². The molecule has 4 heteroatoms. The van der Waals surface area contributed by atoms with Crippen molar-refractivity contribution in [3.8, 4) is 0 Å². The summed E-state index contributed by atoms with van der Waals surface area (Å²) in [6, 6.07) is 8.88. The van der Waals surface area contributed by atoms with Gasteiger partial charge in [-0.2, -0.15) is 0 Å². The van der Waals surface area contributed by atoms with Crippen LogP contribution in [0.5, 0.6) is 0 Å². The van der Waals surface area contributed by atoms with Gasteiger partial charge in [0.15, 0.2) is 0 Å². The van der Waals surface area contributed by atoms with E-state index in [1.165, 1.54) is 0 Å². The van der Waals surface area contributed by atoms with E-state index in [2.05, 4.69) is 5.32 Å². The Hall–Kier alpha value is -1.39. The lowest BCUT2D eigenvalue weighted by Crippen LogP contribution is -2.48. The highest BCUT2D eigenvalue weighted by Crippen LogP contribution is 2.17. The highest BCUT2D eigenvalue weighted by molar-refractivity contribution is 5.78. The molecule has 0 spiro atoms. The van der Waals surface area contributed by atoms with Crippen LogP contribution in [0.25, 0.3) is 0 Å². The number of hydrogen-bond donors (Lipinski definition) is 2. The monoisotopic (exact) mass is 207 g/mol. The molecule has 1 aromatic carbocycles. The predicted octanol–water partition coefficient (Wildman–Crippen LogP) is 0.235. The number of rotatable bonds is 2. The molecular weight excluding hydrogens is 194 g/mol. The third-order valence-corrected chi connectivity index (χ3v) is 2.40. The van der Waals surface area contributed by atoms with E-state index in [0.717, 1.165) is 5.56 Å². The Morgan fingerprint density at radius 2 is 2.13 bits per heavy atom. The van der Waals surface area contributed by atoms with Crippen LogP contribution in [0.4, 0.5) is 0 Å². The number of morpholine rings is 1. The maximum absolute atomic E-state index is 11.1. The zero-order chi connectivity index (χ0) is 10.7. The van der Waals surface area contributed by atoms with Gasteiger partial charge in [-0.1, -0.05) is 30.3 Å². The lowest BCUT2D eigenvalue weighted by atomic mass is 10.0. The zero-order valence-electron chi connectivity index (χ0n) is 8.22. The molecule has 1 amide bonds. The molecule has 15 heavy (non-hydrogen) atoms. The first kappa shape index (κ1) is 10.1. The van der Waals surface area contributed by atoms with E-state index >= 15 is 0 Å². The molecule has 2 N–H and O–H groups in total. The summed E-state index contributed by atoms with van der Waals surface area (Å²) in [5.74, 6) is -0.179. The summed E-state index contributed by atoms with van der Waals surface area (Å²) in [4.78, 5) is 11.1. The van der Waals surface area contributed by atoms with Crippen molar-refractivity contribution < 1.29 is 14.6 Å². The third-order valence-electron chi connectivity index (χ3n) is 2.40. The fraction of sp³-hybridized carbons (Fsp3) is 0.364. The first-order valence-corrected chi connectivity index (χ1v) is 4.87. The summed E-state index contributed by atoms with van der Waals surface area (Å²) >= 11 is 0. The van der Waals surface area contributed by atoms with Crippen LogP contribution in [-0.4, -0.2) is 30.3 Å². The van der Waals surface area contributed by atoms with Crippen LogP contribution in [-0.2, 0) is 9.53 Å². The van der Waals surface area contributed by atoms with Gasteiger partial charge in [0.05, 0.1) is 12.6 Å². The van der Waals surface area contributed by atoms with E-state index in [1.807, 2.05) is 30.3 Å². The number of ether oxygens (including phenoxy) is 1. The molecule has 0 aliphatic carbocycles. The molecule has 0 unspecified atom stereocenters. The van der Waals surface area contributed by atoms with Gasteiger partial charge in [0, 0.05) is 0 Å². The lowest BCUT2D eigenvalue weighted by Gasteiger charge is -2.27. The van der Waals surface area contributed by atoms with Gasteiger partial charge in [-0.15, -0.1) is 0 Å². The highest BCUT2D eigenvalue weighted by Gasteiger charge is 2.26. The van der Waals surface area contributed by atoms with Crippen molar-refractivity contribution in [3.05, 3.63) is 35.9 Å². The van der Waals surface area contributed by atoms with E-state index in [1.54, 1.807) is 0 Å². The van der Waals surface area contributed by atoms with Gasteiger partial charge < -0.3 is 15.2 Å². The number of hydrogen-bond acceptors (Lipinski definition) is 3. The van der Waals surface area contributed by atoms with Crippen LogP contribution >= 0.6 is 0 Å². The summed E-state index contributed by atoms with van der Waals surface area (Å²) in [5, 5.41) is 12.7. The van der Waals surface area contributed by atoms with Gasteiger partial charge in [-0.3, -0.25) is 4.79 Å². The molecule has 0 radical (unpaired) electrons. The number of carbonyl (C=O) groups excluding carboxylic acids is 1. The van der Waals surface area contributed by atoms with Gasteiger partial charge in [-0.05, 0) is 5.56 Å². The summed E-state index contributed by atoms with van der Waals surface area (Å²) in [6.45, 7) is 0.430. The third kappa shape index (κ3) is 2.34. The van der Waals surface area contributed by atoms with E-state index in [0.29, 0.717) is 6.61 Å². The Morgan fingerprint density at radius 1 is 1.40 bits per heavy atom. The summed E-state index contributed by atoms with van der Waals surface area (Å²) in [5.41, 5.74) is 0.785. The molecule has 2 atom stereocenters. The highest BCUT2D eigenvalue weighted by atomic mass is 16.5. The zero-order valence-corrected chi connectivity index (χ0v) is 8.22. The number of amides is 1. The standard InChI is InChI=1S/C11H13NO3/c13-10-7-15-6-9(12-10)11(14)8-4-2-1-3-5-8/h1-5,9,11,14H,6-7H2,(H,12,13)/t9-,11-/m1/s1. The lowest BCUT2D eigenvalue weighted by molar-refractivity contribution is -0.133. The van der Waals surface area contributed by atoms with Crippen LogP contribution in [0, 0.1) is 0 Å². The van der Waals surface area contributed by atoms with Gasteiger partial charge in [-0.25, -0.2) is 0 Å². The van der Waals surface area contributed by atoms with Crippen LogP contribution < -0.4 is 5.32 Å². The van der Waals surface area contributed by atoms with E-state index in [4.69, 9.17) is 4.74 Å². The SMILES string of the molecule is O=C1COC[C@H]([C@H](O)c2ccccc2)N1. The van der Waals surface area contributed by atoms with Crippen molar-refractivity contribution in [3.63, 3.8) is 0 Å². The molecule has 1 fully saturated rings. The van der Waals surface area contributed by atoms with Gasteiger partial charge >= 0.3 is 0 Å². The second kappa shape index (κ2) is 4.42. The van der Waals surface area contributed by atoms with Crippen molar-refractivity contribution in [2.24, 2.45) is 0 Å². The molecule has 0 bridgehead atoms. The first-order chi connectivity index (χ1) is 7.27. The minimum absolute atomic E-state index is 0.0814. The van der Waals surface area contributed by atoms with Crippen LogP contribution in [0.3, 0.4) is 0 Å². The number of aliphatic hydroxyl groups is 1. The van der Waals surface area contributed by atoms with Crippen molar-refractivity contribution in [2.45, 2.75) is 12.1 Å². The number of benzene rings is 1. The Balaban J connectivity index is 2.07. The van der Waals surface area contributed by atoms with Crippen LogP contribution in [0.1, 0.15) is 11.7 Å². The fourth-order valence-corrected chi connectivity index (χ4v) is 1.62. The van der Waals surface area contributed by atoms with E-state index in [-0.39, 0.29) is 18.6 Å². The second-order valence-corrected chi connectivity index (χ2v) is 3.54. The Bertz CT molecular complexity index is 339. The molecule has 1 saturated heterocycles. The number of carbonyl (C=O) groups is 1. The molecule has 4 nitrogen and oxygen atoms in total. The topological polar surface area (TPSA) is 58.6 Å². The number of nitrogens with one attached hydrogen (secondary N) is 1. The molecule has 1 aliphatic heterocycles. The Labute approximate surface area is 87.9 Å². The molecule has 1 heterocycles.